The average Bonchev–Trinajstić information content (AvgIpc) is 2.68. The van der Waals surface area contributed by atoms with Crippen LogP contribution >= 0.6 is 0 Å². The number of nitrogens with zero attached hydrogens (tertiary/aromatic N) is 1. The van der Waals surface area contributed by atoms with Crippen molar-refractivity contribution in [3.05, 3.63) is 23.3 Å². The van der Waals surface area contributed by atoms with Gasteiger partial charge in [-0.15, -0.1) is 0 Å². The number of carbonyl (C=O) groups is 1. The first-order chi connectivity index (χ1) is 12.6. The zero-order chi connectivity index (χ0) is 18.6. The number of hydrogen-bond donors (Lipinski definition) is 1. The third-order valence-electron chi connectivity index (χ3n) is 5.36. The minimum atomic E-state index is -0.684. The number of ether oxygens (including phenoxy) is 3. The monoisotopic (exact) mass is 362 g/mol. The second-order valence-corrected chi connectivity index (χ2v) is 6.86. The van der Waals surface area contributed by atoms with E-state index in [1.165, 1.54) is 5.56 Å². The second kappa shape index (κ2) is 8.27. The van der Waals surface area contributed by atoms with Crippen LogP contribution in [-0.2, 0) is 22.5 Å². The molecule has 0 radical (unpaired) electrons. The van der Waals surface area contributed by atoms with E-state index in [0.717, 1.165) is 49.4 Å². The van der Waals surface area contributed by atoms with Gasteiger partial charge in [0, 0.05) is 20.2 Å². The van der Waals surface area contributed by atoms with Gasteiger partial charge in [-0.2, -0.15) is 0 Å². The summed E-state index contributed by atoms with van der Waals surface area (Å²) < 4.78 is 17.2. The van der Waals surface area contributed by atoms with Gasteiger partial charge >= 0.3 is 0 Å². The molecule has 1 aromatic rings. The van der Waals surface area contributed by atoms with Crippen molar-refractivity contribution in [3.63, 3.8) is 0 Å². The molecular weight excluding hydrogens is 332 g/mol. The number of amides is 1. The lowest BCUT2D eigenvalue weighted by molar-refractivity contribution is -0.159. The summed E-state index contributed by atoms with van der Waals surface area (Å²) in [6.45, 7) is 8.06. The molecule has 0 saturated carbocycles. The predicted octanol–water partition coefficient (Wildman–Crippen LogP) is 2.14. The van der Waals surface area contributed by atoms with Gasteiger partial charge < -0.3 is 24.4 Å². The number of nitrogens with one attached hydrogen (secondary N) is 1. The summed E-state index contributed by atoms with van der Waals surface area (Å²) in [7, 11) is 1.66. The first-order valence-electron chi connectivity index (χ1n) is 9.60. The molecule has 0 aliphatic carbocycles. The Hall–Kier alpha value is -1.79. The molecule has 3 rings (SSSR count). The van der Waals surface area contributed by atoms with Gasteiger partial charge in [-0.05, 0) is 69.5 Å². The van der Waals surface area contributed by atoms with Gasteiger partial charge in [0.15, 0.2) is 11.5 Å². The highest BCUT2D eigenvalue weighted by molar-refractivity contribution is 5.85. The van der Waals surface area contributed by atoms with Crippen molar-refractivity contribution in [1.82, 2.24) is 10.2 Å². The fraction of sp³-hybridized carbons (Fsp3) is 0.650. The molecule has 0 aromatic heterocycles. The molecule has 6 nitrogen and oxygen atoms in total. The maximum absolute atomic E-state index is 13.2. The second-order valence-electron chi connectivity index (χ2n) is 6.86. The predicted molar refractivity (Wildman–Crippen MR) is 99.7 cm³/mol. The standard InChI is InChI=1S/C20H30N2O4/c1-4-25-17-12-15-6-11-22(14-16(15)13-18(17)26-5-2)19(23)20(24-3)7-9-21-10-8-20/h12-13,21H,4-11,14H2,1-3H3. The summed E-state index contributed by atoms with van der Waals surface area (Å²) in [5, 5.41) is 3.31. The number of rotatable bonds is 6. The Morgan fingerprint density at radius 2 is 1.73 bits per heavy atom. The van der Waals surface area contributed by atoms with E-state index >= 15 is 0 Å². The highest BCUT2D eigenvalue weighted by Gasteiger charge is 2.43. The van der Waals surface area contributed by atoms with Crippen molar-refractivity contribution in [2.24, 2.45) is 0 Å². The Labute approximate surface area is 155 Å². The van der Waals surface area contributed by atoms with Crippen LogP contribution in [-0.4, -0.2) is 56.4 Å². The van der Waals surface area contributed by atoms with Crippen LogP contribution in [0.3, 0.4) is 0 Å². The Kier molecular flexibility index (Phi) is 6.04. The lowest BCUT2D eigenvalue weighted by Crippen LogP contribution is -2.56. The Balaban J connectivity index is 1.82. The van der Waals surface area contributed by atoms with E-state index in [0.29, 0.717) is 26.3 Å². The van der Waals surface area contributed by atoms with Crippen LogP contribution in [0.1, 0.15) is 37.8 Å². The van der Waals surface area contributed by atoms with E-state index in [2.05, 4.69) is 11.4 Å². The maximum Gasteiger partial charge on any atom is 0.255 e. The summed E-state index contributed by atoms with van der Waals surface area (Å²) in [6, 6.07) is 4.10. The summed E-state index contributed by atoms with van der Waals surface area (Å²) >= 11 is 0. The van der Waals surface area contributed by atoms with E-state index in [9.17, 15) is 4.79 Å². The highest BCUT2D eigenvalue weighted by atomic mass is 16.5. The fourth-order valence-corrected chi connectivity index (χ4v) is 3.90. The van der Waals surface area contributed by atoms with E-state index in [4.69, 9.17) is 14.2 Å². The van der Waals surface area contributed by atoms with Gasteiger partial charge in [-0.3, -0.25) is 4.79 Å². The molecule has 6 heteroatoms. The highest BCUT2D eigenvalue weighted by Crippen LogP contribution is 2.35. The van der Waals surface area contributed by atoms with Gasteiger partial charge in [0.05, 0.1) is 13.2 Å². The molecule has 1 aromatic carbocycles. The minimum absolute atomic E-state index is 0.110. The van der Waals surface area contributed by atoms with Crippen molar-refractivity contribution in [1.29, 1.82) is 0 Å². The number of carbonyl (C=O) groups excluding carboxylic acids is 1. The zero-order valence-corrected chi connectivity index (χ0v) is 16.1. The van der Waals surface area contributed by atoms with E-state index < -0.39 is 5.60 Å². The molecule has 0 spiro atoms. The average molecular weight is 362 g/mol. The molecule has 2 heterocycles. The van der Waals surface area contributed by atoms with Crippen LogP contribution in [0.2, 0.25) is 0 Å². The third-order valence-corrected chi connectivity index (χ3v) is 5.36. The fourth-order valence-electron chi connectivity index (χ4n) is 3.90. The molecule has 0 atom stereocenters. The van der Waals surface area contributed by atoms with Crippen molar-refractivity contribution < 1.29 is 19.0 Å². The number of piperidine rings is 1. The molecule has 2 aliphatic heterocycles. The molecule has 0 bridgehead atoms. The zero-order valence-electron chi connectivity index (χ0n) is 16.1. The van der Waals surface area contributed by atoms with Crippen LogP contribution in [0.5, 0.6) is 11.5 Å². The van der Waals surface area contributed by atoms with Crippen molar-refractivity contribution in [3.8, 4) is 11.5 Å². The smallest absolute Gasteiger partial charge is 0.255 e. The largest absolute Gasteiger partial charge is 0.490 e. The number of methoxy groups -OCH3 is 1. The van der Waals surface area contributed by atoms with Crippen LogP contribution in [0.15, 0.2) is 12.1 Å². The van der Waals surface area contributed by atoms with Gasteiger partial charge in [0.1, 0.15) is 5.60 Å². The first kappa shape index (κ1) is 19.0. The van der Waals surface area contributed by atoms with Gasteiger partial charge in [0.2, 0.25) is 0 Å². The van der Waals surface area contributed by atoms with E-state index in [1.807, 2.05) is 24.8 Å². The van der Waals surface area contributed by atoms with Crippen LogP contribution in [0, 0.1) is 0 Å². The Bertz CT molecular complexity index is 641. The third kappa shape index (κ3) is 3.67. The van der Waals surface area contributed by atoms with Crippen molar-refractivity contribution in [2.75, 3.05) is 40.0 Å². The Morgan fingerprint density at radius 3 is 2.31 bits per heavy atom. The quantitative estimate of drug-likeness (QED) is 0.840. The number of benzene rings is 1. The normalized spacial score (nSPS) is 19.0. The van der Waals surface area contributed by atoms with Crippen molar-refractivity contribution >= 4 is 5.91 Å². The van der Waals surface area contributed by atoms with Crippen LogP contribution in [0.25, 0.3) is 0 Å². The first-order valence-corrected chi connectivity index (χ1v) is 9.60. The van der Waals surface area contributed by atoms with Gasteiger partial charge in [-0.1, -0.05) is 0 Å². The molecular formula is C20H30N2O4. The van der Waals surface area contributed by atoms with Crippen LogP contribution < -0.4 is 14.8 Å². The molecule has 144 valence electrons. The molecule has 0 unspecified atom stereocenters. The number of hydrogen-bond acceptors (Lipinski definition) is 5. The molecule has 1 N–H and O–H groups in total. The summed E-state index contributed by atoms with van der Waals surface area (Å²) in [5.74, 6) is 1.66. The summed E-state index contributed by atoms with van der Waals surface area (Å²) in [5.41, 5.74) is 1.69. The lowest BCUT2D eigenvalue weighted by Gasteiger charge is -2.40. The van der Waals surface area contributed by atoms with Crippen molar-refractivity contribution in [2.45, 2.75) is 45.3 Å². The molecule has 1 fully saturated rings. The SMILES string of the molecule is CCOc1cc2c(cc1OCC)CN(C(=O)C1(OC)CCNCC1)CC2. The minimum Gasteiger partial charge on any atom is -0.490 e. The van der Waals surface area contributed by atoms with Gasteiger partial charge in [0.25, 0.3) is 5.91 Å². The topological polar surface area (TPSA) is 60.0 Å². The lowest BCUT2D eigenvalue weighted by atomic mass is 9.89. The van der Waals surface area contributed by atoms with E-state index in [-0.39, 0.29) is 5.91 Å². The Morgan fingerprint density at radius 1 is 1.12 bits per heavy atom. The number of fused-ring (bicyclic) bond motifs is 1. The maximum atomic E-state index is 13.2. The molecule has 1 saturated heterocycles. The van der Waals surface area contributed by atoms with Crippen LogP contribution in [0.4, 0.5) is 0 Å². The van der Waals surface area contributed by atoms with E-state index in [1.54, 1.807) is 7.11 Å². The summed E-state index contributed by atoms with van der Waals surface area (Å²) in [4.78, 5) is 15.2. The molecule has 26 heavy (non-hydrogen) atoms. The van der Waals surface area contributed by atoms with Gasteiger partial charge in [-0.25, -0.2) is 0 Å². The molecule has 1 amide bonds. The molecule has 2 aliphatic rings. The summed E-state index contributed by atoms with van der Waals surface area (Å²) in [6.07, 6.45) is 2.27.